The summed E-state index contributed by atoms with van der Waals surface area (Å²) in [6.07, 6.45) is -3.46. The van der Waals surface area contributed by atoms with Gasteiger partial charge in [0.25, 0.3) is 0 Å². The number of rotatable bonds is 3. The largest absolute Gasteiger partial charge is 0.456 e. The molecule has 23 heavy (non-hydrogen) atoms. The highest BCUT2D eigenvalue weighted by Gasteiger charge is 2.49. The first kappa shape index (κ1) is 16.9. The molecule has 0 saturated carbocycles. The average Bonchev–Trinajstić information content (AvgIpc) is 2.71. The van der Waals surface area contributed by atoms with Crippen molar-refractivity contribution in [2.75, 3.05) is 5.73 Å². The quantitative estimate of drug-likeness (QED) is 0.753. The molecule has 0 bridgehead atoms. The van der Waals surface area contributed by atoms with Crippen molar-refractivity contribution in [2.24, 2.45) is 0 Å². The molecule has 4 atom stereocenters. The topological polar surface area (TPSA) is 123 Å². The SMILES string of the molecule is CC(=O)OC1C(C)OC(n2c(N)c(F)cnc2=O)C1OC(C)=O. The van der Waals surface area contributed by atoms with Crippen molar-refractivity contribution in [1.82, 2.24) is 9.55 Å². The number of nitrogens with two attached hydrogens (primary N) is 1. The zero-order valence-corrected chi connectivity index (χ0v) is 12.7. The van der Waals surface area contributed by atoms with E-state index in [0.29, 0.717) is 6.20 Å². The van der Waals surface area contributed by atoms with E-state index in [0.717, 1.165) is 11.5 Å². The molecule has 2 rings (SSSR count). The Labute approximate surface area is 130 Å². The molecule has 2 N–H and O–H groups in total. The second kappa shape index (κ2) is 6.32. The molecule has 1 aliphatic rings. The van der Waals surface area contributed by atoms with Gasteiger partial charge in [0, 0.05) is 13.8 Å². The van der Waals surface area contributed by atoms with Crippen LogP contribution in [-0.2, 0) is 23.8 Å². The van der Waals surface area contributed by atoms with Crippen LogP contribution in [0.5, 0.6) is 0 Å². The molecule has 9 nitrogen and oxygen atoms in total. The summed E-state index contributed by atoms with van der Waals surface area (Å²) in [5.41, 5.74) is 4.68. The number of hydrogen-bond donors (Lipinski definition) is 1. The van der Waals surface area contributed by atoms with Gasteiger partial charge < -0.3 is 19.9 Å². The van der Waals surface area contributed by atoms with Crippen LogP contribution in [0, 0.1) is 5.82 Å². The summed E-state index contributed by atoms with van der Waals surface area (Å²) >= 11 is 0. The fraction of sp³-hybridized carbons (Fsp3) is 0.538. The monoisotopic (exact) mass is 329 g/mol. The zero-order chi connectivity index (χ0) is 17.3. The van der Waals surface area contributed by atoms with E-state index in [4.69, 9.17) is 19.9 Å². The van der Waals surface area contributed by atoms with Crippen LogP contribution in [0.3, 0.4) is 0 Å². The highest BCUT2D eigenvalue weighted by Crippen LogP contribution is 2.34. The summed E-state index contributed by atoms with van der Waals surface area (Å²) in [5, 5.41) is 0. The van der Waals surface area contributed by atoms with Gasteiger partial charge in [-0.1, -0.05) is 0 Å². The van der Waals surface area contributed by atoms with Crippen LogP contribution in [-0.4, -0.2) is 39.8 Å². The Morgan fingerprint density at radius 1 is 1.30 bits per heavy atom. The number of nitrogen functional groups attached to an aromatic ring is 1. The van der Waals surface area contributed by atoms with E-state index in [-0.39, 0.29) is 0 Å². The van der Waals surface area contributed by atoms with Gasteiger partial charge in [0.15, 0.2) is 24.3 Å². The Morgan fingerprint density at radius 3 is 2.43 bits per heavy atom. The standard InChI is InChI=1S/C13H16FN3O6/c1-5-9(22-6(2)18)10(23-7(3)19)12(21-5)17-11(15)8(14)4-16-13(17)20/h4-5,9-10,12H,15H2,1-3H3. The predicted octanol–water partition coefficient (Wildman–Crippen LogP) is -0.255. The van der Waals surface area contributed by atoms with Gasteiger partial charge in [0.2, 0.25) is 0 Å². The predicted molar refractivity (Wildman–Crippen MR) is 73.6 cm³/mol. The third-order valence-electron chi connectivity index (χ3n) is 3.28. The molecular weight excluding hydrogens is 313 g/mol. The lowest BCUT2D eigenvalue weighted by Crippen LogP contribution is -2.41. The van der Waals surface area contributed by atoms with E-state index in [1.54, 1.807) is 6.92 Å². The molecular formula is C13H16FN3O6. The molecule has 2 heterocycles. The minimum atomic E-state index is -1.27. The number of anilines is 1. The number of halogens is 1. The lowest BCUT2D eigenvalue weighted by molar-refractivity contribution is -0.165. The maximum Gasteiger partial charge on any atom is 0.351 e. The summed E-state index contributed by atoms with van der Waals surface area (Å²) in [7, 11) is 0. The molecule has 1 aromatic rings. The Bertz CT molecular complexity index is 691. The number of nitrogens with zero attached hydrogens (tertiary/aromatic N) is 2. The summed E-state index contributed by atoms with van der Waals surface area (Å²) < 4.78 is 30.0. The Hall–Kier alpha value is -2.49. The number of hydrogen-bond acceptors (Lipinski definition) is 8. The van der Waals surface area contributed by atoms with Crippen LogP contribution in [0.4, 0.5) is 10.2 Å². The molecule has 0 aromatic carbocycles. The van der Waals surface area contributed by atoms with Crippen molar-refractivity contribution in [3.8, 4) is 0 Å². The lowest BCUT2D eigenvalue weighted by Gasteiger charge is -2.24. The number of ether oxygens (including phenoxy) is 3. The second-order valence-corrected chi connectivity index (χ2v) is 5.02. The Morgan fingerprint density at radius 2 is 1.87 bits per heavy atom. The van der Waals surface area contributed by atoms with Gasteiger partial charge in [-0.2, -0.15) is 4.98 Å². The van der Waals surface area contributed by atoms with Crippen molar-refractivity contribution in [3.63, 3.8) is 0 Å². The van der Waals surface area contributed by atoms with Gasteiger partial charge in [-0.3, -0.25) is 9.59 Å². The van der Waals surface area contributed by atoms with E-state index in [1.165, 1.54) is 6.92 Å². The molecule has 0 radical (unpaired) electrons. The molecule has 4 unspecified atom stereocenters. The highest BCUT2D eigenvalue weighted by molar-refractivity contribution is 5.67. The average molecular weight is 329 g/mol. The van der Waals surface area contributed by atoms with Crippen LogP contribution in [0.2, 0.25) is 0 Å². The molecule has 1 aromatic heterocycles. The van der Waals surface area contributed by atoms with Gasteiger partial charge in [-0.15, -0.1) is 0 Å². The van der Waals surface area contributed by atoms with Crippen LogP contribution in [0.1, 0.15) is 27.0 Å². The van der Waals surface area contributed by atoms with E-state index in [2.05, 4.69) is 4.98 Å². The lowest BCUT2D eigenvalue weighted by atomic mass is 10.1. The van der Waals surface area contributed by atoms with E-state index >= 15 is 0 Å². The maximum absolute atomic E-state index is 13.6. The number of carbonyl (C=O) groups is 2. The van der Waals surface area contributed by atoms with Crippen molar-refractivity contribution >= 4 is 17.8 Å². The van der Waals surface area contributed by atoms with Crippen LogP contribution in [0.25, 0.3) is 0 Å². The second-order valence-electron chi connectivity index (χ2n) is 5.02. The number of carbonyl (C=O) groups excluding carboxylic acids is 2. The first-order chi connectivity index (χ1) is 10.7. The first-order valence-electron chi connectivity index (χ1n) is 6.74. The summed E-state index contributed by atoms with van der Waals surface area (Å²) in [6, 6.07) is 0. The molecule has 10 heteroatoms. The smallest absolute Gasteiger partial charge is 0.351 e. The fourth-order valence-corrected chi connectivity index (χ4v) is 2.39. The van der Waals surface area contributed by atoms with Crippen LogP contribution < -0.4 is 11.4 Å². The molecule has 0 amide bonds. The van der Waals surface area contributed by atoms with Crippen molar-refractivity contribution in [1.29, 1.82) is 0 Å². The van der Waals surface area contributed by atoms with E-state index in [1.807, 2.05) is 0 Å². The molecule has 1 fully saturated rings. The molecule has 1 saturated heterocycles. The van der Waals surface area contributed by atoms with Gasteiger partial charge in [0.1, 0.15) is 5.82 Å². The highest BCUT2D eigenvalue weighted by atomic mass is 19.1. The Balaban J connectivity index is 2.48. The van der Waals surface area contributed by atoms with Crippen molar-refractivity contribution < 1.29 is 28.2 Å². The normalized spacial score (nSPS) is 26.8. The van der Waals surface area contributed by atoms with Crippen molar-refractivity contribution in [3.05, 3.63) is 22.5 Å². The number of esters is 2. The minimum absolute atomic E-state index is 0.525. The summed E-state index contributed by atoms with van der Waals surface area (Å²) in [4.78, 5) is 37.8. The van der Waals surface area contributed by atoms with Crippen LogP contribution >= 0.6 is 0 Å². The number of aromatic nitrogens is 2. The van der Waals surface area contributed by atoms with E-state index < -0.39 is 53.8 Å². The third-order valence-corrected chi connectivity index (χ3v) is 3.28. The van der Waals surface area contributed by atoms with Gasteiger partial charge in [0.05, 0.1) is 12.3 Å². The van der Waals surface area contributed by atoms with Gasteiger partial charge >= 0.3 is 17.6 Å². The van der Waals surface area contributed by atoms with Crippen molar-refractivity contribution in [2.45, 2.75) is 45.3 Å². The first-order valence-corrected chi connectivity index (χ1v) is 6.74. The maximum atomic E-state index is 13.6. The van der Waals surface area contributed by atoms with Crippen LogP contribution in [0.15, 0.2) is 11.0 Å². The van der Waals surface area contributed by atoms with Gasteiger partial charge in [-0.05, 0) is 6.92 Å². The summed E-state index contributed by atoms with van der Waals surface area (Å²) in [6.45, 7) is 3.87. The zero-order valence-electron chi connectivity index (χ0n) is 12.7. The molecule has 0 spiro atoms. The Kier molecular flexibility index (Phi) is 4.64. The van der Waals surface area contributed by atoms with E-state index in [9.17, 15) is 18.8 Å². The van der Waals surface area contributed by atoms with Gasteiger partial charge in [-0.25, -0.2) is 13.8 Å². The summed E-state index contributed by atoms with van der Waals surface area (Å²) in [5.74, 6) is -2.77. The molecule has 0 aliphatic carbocycles. The minimum Gasteiger partial charge on any atom is -0.456 e. The fourth-order valence-electron chi connectivity index (χ4n) is 2.39. The third kappa shape index (κ3) is 3.31. The molecule has 126 valence electrons. The molecule has 1 aliphatic heterocycles.